The van der Waals surface area contributed by atoms with Crippen LogP contribution in [0.3, 0.4) is 0 Å². The van der Waals surface area contributed by atoms with Crippen LogP contribution < -0.4 is 16.4 Å². The van der Waals surface area contributed by atoms with Crippen molar-refractivity contribution in [1.82, 2.24) is 29.5 Å². The highest BCUT2D eigenvalue weighted by Crippen LogP contribution is 2.67. The van der Waals surface area contributed by atoms with Crippen LogP contribution in [0.25, 0.3) is 11.2 Å². The van der Waals surface area contributed by atoms with E-state index in [2.05, 4.69) is 38.1 Å². The number of aliphatic hydroxyl groups excluding tert-OH is 2. The third-order valence-electron chi connectivity index (χ3n) is 7.19. The molecule has 4 unspecified atom stereocenters. The van der Waals surface area contributed by atoms with E-state index in [1.807, 2.05) is 6.92 Å². The van der Waals surface area contributed by atoms with Crippen LogP contribution in [0, 0.1) is 6.92 Å². The fraction of sp³-hybridized carbons (Fsp3) is 0.500. The van der Waals surface area contributed by atoms with Gasteiger partial charge in [0.2, 0.25) is 0 Å². The summed E-state index contributed by atoms with van der Waals surface area (Å²) in [6, 6.07) is 0. The molecule has 0 aliphatic carbocycles. The van der Waals surface area contributed by atoms with E-state index < -0.39 is 61.2 Å². The van der Waals surface area contributed by atoms with Gasteiger partial charge in [0.15, 0.2) is 17.7 Å². The normalized spacial score (nSPS) is 26.9. The molecule has 26 heteroatoms. The highest BCUT2D eigenvalue weighted by molar-refractivity contribution is 8.03. The van der Waals surface area contributed by atoms with Crippen LogP contribution in [-0.2, 0) is 42.6 Å². The van der Waals surface area contributed by atoms with Crippen LogP contribution in [0.4, 0.5) is 11.6 Å². The second-order valence-corrected chi connectivity index (χ2v) is 16.2. The zero-order valence-electron chi connectivity index (χ0n) is 25.2. The smallest absolute Gasteiger partial charge is 0.387 e. The van der Waals surface area contributed by atoms with E-state index in [0.717, 1.165) is 27.4 Å². The number of phosphoric ester groups is 2. The van der Waals surface area contributed by atoms with Crippen molar-refractivity contribution in [2.24, 2.45) is 0 Å². The summed E-state index contributed by atoms with van der Waals surface area (Å²) in [5.74, 6) is 1.59. The first-order valence-corrected chi connectivity index (χ1v) is 19.3. The van der Waals surface area contributed by atoms with E-state index in [1.165, 1.54) is 22.7 Å². The Bertz CT molecular complexity index is 1850. The lowest BCUT2D eigenvalue weighted by Crippen LogP contribution is -3.06. The SMILES string of the molecule is CC1=C(CCOP(=O)(O)OP(=O)(O)OP(=O)(O)OC[C@H]2O[C@@H](n3cnc4c(N)ncnc43)[C@@H](O)[C@H]2O)SC[NH+]1Cc1cnc(C)nc1N. The Hall–Kier alpha value is -2.43. The molecule has 2 aliphatic rings. The molecule has 0 bridgehead atoms. The molecule has 8 atom stereocenters. The molecular formula is C22H33N9O13P3S+. The van der Waals surface area contributed by atoms with E-state index in [4.69, 9.17) is 20.7 Å². The van der Waals surface area contributed by atoms with E-state index in [-0.39, 0.29) is 23.4 Å². The number of allylic oxidation sites excluding steroid dienone is 1. The maximum Gasteiger partial charge on any atom is 0.490 e. The number of hydrogen-bond donors (Lipinski definition) is 8. The minimum Gasteiger partial charge on any atom is -0.387 e. The molecule has 48 heavy (non-hydrogen) atoms. The first-order valence-electron chi connectivity index (χ1n) is 13.9. The van der Waals surface area contributed by atoms with Crippen molar-refractivity contribution >= 4 is 58.0 Å². The molecule has 1 saturated heterocycles. The molecule has 0 radical (unpaired) electrons. The van der Waals surface area contributed by atoms with Gasteiger partial charge in [0.1, 0.15) is 59.9 Å². The minimum absolute atomic E-state index is 0.0446. The summed E-state index contributed by atoms with van der Waals surface area (Å²) in [4.78, 5) is 51.9. The second kappa shape index (κ2) is 14.4. The van der Waals surface area contributed by atoms with Crippen molar-refractivity contribution in [2.45, 2.75) is 51.4 Å². The highest BCUT2D eigenvalue weighted by atomic mass is 32.2. The van der Waals surface area contributed by atoms with Crippen LogP contribution in [0.1, 0.15) is 31.0 Å². The summed E-state index contributed by atoms with van der Waals surface area (Å²) in [7, 11) is -16.6. The van der Waals surface area contributed by atoms with Gasteiger partial charge >= 0.3 is 23.5 Å². The number of nitrogen functional groups attached to an aromatic ring is 2. The number of thioether (sulfide) groups is 1. The number of rotatable bonds is 14. The third-order valence-corrected chi connectivity index (χ3v) is 12.8. The van der Waals surface area contributed by atoms with Gasteiger partial charge in [-0.05, 0) is 6.92 Å². The lowest BCUT2D eigenvalue weighted by molar-refractivity contribution is -0.859. The number of ether oxygens (including phenoxy) is 1. The summed E-state index contributed by atoms with van der Waals surface area (Å²) in [5, 5.41) is 20.9. The van der Waals surface area contributed by atoms with Crippen molar-refractivity contribution < 1.29 is 65.9 Å². The van der Waals surface area contributed by atoms with Crippen LogP contribution in [0.2, 0.25) is 0 Å². The van der Waals surface area contributed by atoms with Crippen molar-refractivity contribution in [3.63, 3.8) is 0 Å². The van der Waals surface area contributed by atoms with Gasteiger partial charge in [0, 0.05) is 24.4 Å². The van der Waals surface area contributed by atoms with Crippen LogP contribution in [-0.4, -0.2) is 91.8 Å². The second-order valence-electron chi connectivity index (χ2n) is 10.5. The number of fused-ring (bicyclic) bond motifs is 1. The van der Waals surface area contributed by atoms with E-state index in [1.54, 1.807) is 13.1 Å². The molecule has 0 spiro atoms. The Balaban J connectivity index is 1.10. The van der Waals surface area contributed by atoms with Gasteiger partial charge in [-0.25, -0.2) is 38.6 Å². The zero-order chi connectivity index (χ0) is 35.0. The molecule has 0 aromatic carbocycles. The highest BCUT2D eigenvalue weighted by Gasteiger charge is 2.47. The number of aromatic nitrogens is 6. The minimum atomic E-state index is -5.76. The van der Waals surface area contributed by atoms with Crippen molar-refractivity contribution in [2.75, 3.05) is 30.6 Å². The Kier molecular flexibility index (Phi) is 11.1. The quantitative estimate of drug-likeness (QED) is 0.0960. The standard InChI is InChI=1S/C22H32N9O13P3S/c1-11-15(48-10-30(11)6-13-5-25-12(2)29-19(13)23)3-4-40-45(34,35)43-47(38,39)44-46(36,37)41-7-14-17(32)18(33)22(42-14)31-9-28-16-20(24)26-8-27-21(16)31/h5,8-9,14,17-18,22,32-33H,3-4,6-7,10H2,1-2H3,(H,34,35)(H,36,37)(H,38,39)(H2,23,25,29)(H2,24,26,27)/p+1/t14-,17+,18+,22-/m1/s1. The molecule has 3 aromatic rings. The monoisotopic (exact) mass is 756 g/mol. The Labute approximate surface area is 275 Å². The van der Waals surface area contributed by atoms with Crippen molar-refractivity contribution in [1.29, 1.82) is 0 Å². The predicted octanol–water partition coefficient (Wildman–Crippen LogP) is -0.513. The van der Waals surface area contributed by atoms with Gasteiger partial charge in [-0.2, -0.15) is 8.62 Å². The molecule has 10 N–H and O–H groups in total. The van der Waals surface area contributed by atoms with Gasteiger partial charge < -0.3 is 41.1 Å². The molecule has 5 heterocycles. The number of hydrogen-bond acceptors (Lipinski definition) is 18. The summed E-state index contributed by atoms with van der Waals surface area (Å²) >= 11 is 1.47. The predicted molar refractivity (Wildman–Crippen MR) is 165 cm³/mol. The third kappa shape index (κ3) is 8.64. The number of anilines is 2. The molecule has 0 saturated carbocycles. The van der Waals surface area contributed by atoms with Gasteiger partial charge in [-0.3, -0.25) is 18.5 Å². The van der Waals surface area contributed by atoms with Crippen molar-refractivity contribution in [3.05, 3.63) is 40.8 Å². The molecule has 1 fully saturated rings. The summed E-state index contributed by atoms with van der Waals surface area (Å²) in [6.07, 6.45) is -1.92. The van der Waals surface area contributed by atoms with E-state index >= 15 is 0 Å². The van der Waals surface area contributed by atoms with Gasteiger partial charge in [-0.1, -0.05) is 11.8 Å². The van der Waals surface area contributed by atoms with Crippen LogP contribution >= 0.6 is 35.2 Å². The lowest BCUT2D eigenvalue weighted by atomic mass is 10.1. The molecule has 5 rings (SSSR count). The summed E-state index contributed by atoms with van der Waals surface area (Å²) in [5.41, 5.74) is 13.7. The fourth-order valence-electron chi connectivity index (χ4n) is 4.81. The largest absolute Gasteiger partial charge is 0.490 e. The van der Waals surface area contributed by atoms with E-state index in [0.29, 0.717) is 24.1 Å². The van der Waals surface area contributed by atoms with Crippen molar-refractivity contribution in [3.8, 4) is 0 Å². The van der Waals surface area contributed by atoms with Crippen LogP contribution in [0.5, 0.6) is 0 Å². The Morgan fingerprint density at radius 3 is 2.42 bits per heavy atom. The molecule has 22 nitrogen and oxygen atoms in total. The summed E-state index contributed by atoms with van der Waals surface area (Å²) in [6.45, 7) is 2.72. The van der Waals surface area contributed by atoms with E-state index in [9.17, 15) is 38.6 Å². The molecular weight excluding hydrogens is 723 g/mol. The topological polar surface area (TPSA) is 324 Å². The lowest BCUT2D eigenvalue weighted by Gasteiger charge is -2.20. The maximum absolute atomic E-state index is 12.4. The first kappa shape index (κ1) is 36.8. The average molecular weight is 757 g/mol. The van der Waals surface area contributed by atoms with Crippen LogP contribution in [0.15, 0.2) is 29.5 Å². The number of nitrogens with two attached hydrogens (primary N) is 2. The molecule has 0 amide bonds. The van der Waals surface area contributed by atoms with Gasteiger partial charge in [-0.15, -0.1) is 0 Å². The molecule has 3 aromatic heterocycles. The number of phosphoric acid groups is 3. The first-order chi connectivity index (χ1) is 22.5. The molecule has 2 aliphatic heterocycles. The average Bonchev–Trinajstić information content (AvgIpc) is 3.64. The van der Waals surface area contributed by atoms with Gasteiger partial charge in [0.25, 0.3) is 0 Å². The Morgan fingerprint density at radius 2 is 1.71 bits per heavy atom. The number of quaternary nitrogens is 1. The number of nitrogens with zero attached hydrogens (tertiary/aromatic N) is 6. The molecule has 264 valence electrons. The number of imidazole rings is 1. The Morgan fingerprint density at radius 1 is 1.00 bits per heavy atom. The number of aliphatic hydroxyl groups is 2. The maximum atomic E-state index is 12.4. The zero-order valence-corrected chi connectivity index (χ0v) is 28.7. The van der Waals surface area contributed by atoms with Gasteiger partial charge in [0.05, 0.1) is 25.1 Å². The number of aryl methyl sites for hydroxylation is 1. The fourth-order valence-corrected chi connectivity index (χ4v) is 9.57. The number of nitrogens with one attached hydrogen (secondary N) is 1. The summed E-state index contributed by atoms with van der Waals surface area (Å²) < 4.78 is 61.7.